The molecule has 0 aromatic heterocycles. The standard InChI is InChI=1S/C26H35N2O2/c1-8-22-23(9-2)27(20-11-13-25(29-6)18(4)15-20)17-28(24(22)10-3)21-12-14-26(30-7)19(5)16-21/h11-17,23H,8-10H2,1-7H3. The van der Waals surface area contributed by atoms with Crippen molar-refractivity contribution in [2.24, 2.45) is 0 Å². The van der Waals surface area contributed by atoms with Gasteiger partial charge in [0.15, 0.2) is 0 Å². The lowest BCUT2D eigenvalue weighted by atomic mass is 9.93. The third-order valence-electron chi connectivity index (χ3n) is 6.08. The average molecular weight is 408 g/mol. The van der Waals surface area contributed by atoms with Gasteiger partial charge in [0, 0.05) is 17.1 Å². The average Bonchev–Trinajstić information content (AvgIpc) is 2.77. The lowest BCUT2D eigenvalue weighted by molar-refractivity contribution is 0.411. The van der Waals surface area contributed by atoms with Crippen molar-refractivity contribution in [3.05, 3.63) is 65.5 Å². The first kappa shape index (κ1) is 22.1. The molecule has 3 rings (SSSR count). The van der Waals surface area contributed by atoms with Gasteiger partial charge in [0.1, 0.15) is 18.2 Å². The SMILES string of the molecule is CCC1=C(CC)N(c2ccc(OC)c(C)c2)[CH]N(c2ccc(OC)c(C)c2)C1CC. The van der Waals surface area contributed by atoms with Gasteiger partial charge in [0.2, 0.25) is 0 Å². The molecule has 0 amide bonds. The van der Waals surface area contributed by atoms with E-state index in [0.29, 0.717) is 6.04 Å². The van der Waals surface area contributed by atoms with E-state index >= 15 is 0 Å². The van der Waals surface area contributed by atoms with Gasteiger partial charge in [-0.2, -0.15) is 0 Å². The van der Waals surface area contributed by atoms with Gasteiger partial charge < -0.3 is 19.3 Å². The molecule has 0 spiro atoms. The maximum absolute atomic E-state index is 5.48. The lowest BCUT2D eigenvalue weighted by Gasteiger charge is -2.46. The van der Waals surface area contributed by atoms with E-state index in [1.54, 1.807) is 14.2 Å². The molecule has 0 saturated carbocycles. The maximum atomic E-state index is 5.48. The summed E-state index contributed by atoms with van der Waals surface area (Å²) in [5.74, 6) is 1.84. The van der Waals surface area contributed by atoms with E-state index in [1.807, 2.05) is 0 Å². The van der Waals surface area contributed by atoms with Crippen molar-refractivity contribution in [2.45, 2.75) is 59.9 Å². The van der Waals surface area contributed by atoms with E-state index in [9.17, 15) is 0 Å². The number of ether oxygens (including phenoxy) is 2. The van der Waals surface area contributed by atoms with Crippen LogP contribution in [0.15, 0.2) is 47.7 Å². The topological polar surface area (TPSA) is 24.9 Å². The fourth-order valence-electron chi connectivity index (χ4n) is 4.57. The normalized spacial score (nSPS) is 16.8. The molecule has 1 heterocycles. The highest BCUT2D eigenvalue weighted by Crippen LogP contribution is 2.40. The zero-order valence-electron chi connectivity index (χ0n) is 19.5. The molecule has 2 aromatic carbocycles. The van der Waals surface area contributed by atoms with E-state index < -0.39 is 0 Å². The summed E-state index contributed by atoms with van der Waals surface area (Å²) >= 11 is 0. The number of hydrogen-bond acceptors (Lipinski definition) is 4. The number of methoxy groups -OCH3 is 2. The molecule has 30 heavy (non-hydrogen) atoms. The molecule has 1 atom stereocenters. The van der Waals surface area contributed by atoms with E-state index in [2.05, 4.69) is 87.5 Å². The van der Waals surface area contributed by atoms with Crippen molar-refractivity contribution >= 4 is 11.4 Å². The fraction of sp³-hybridized carbons (Fsp3) is 0.423. The molecule has 0 aliphatic carbocycles. The zero-order valence-corrected chi connectivity index (χ0v) is 19.5. The number of benzene rings is 2. The third kappa shape index (κ3) is 4.00. The number of allylic oxidation sites excluding steroid dienone is 1. The first-order valence-corrected chi connectivity index (χ1v) is 10.9. The van der Waals surface area contributed by atoms with E-state index in [1.165, 1.54) is 22.6 Å². The van der Waals surface area contributed by atoms with E-state index in [0.717, 1.165) is 41.9 Å². The lowest BCUT2D eigenvalue weighted by Crippen LogP contribution is -2.46. The van der Waals surface area contributed by atoms with Gasteiger partial charge >= 0.3 is 0 Å². The summed E-state index contributed by atoms with van der Waals surface area (Å²) < 4.78 is 11.0. The second-order valence-electron chi connectivity index (χ2n) is 7.80. The van der Waals surface area contributed by atoms with Gasteiger partial charge in [-0.15, -0.1) is 0 Å². The van der Waals surface area contributed by atoms with Crippen molar-refractivity contribution in [1.29, 1.82) is 0 Å². The summed E-state index contributed by atoms with van der Waals surface area (Å²) in [7, 11) is 3.45. The van der Waals surface area contributed by atoms with Crippen LogP contribution in [0.2, 0.25) is 0 Å². The van der Waals surface area contributed by atoms with Crippen LogP contribution in [-0.2, 0) is 0 Å². The Bertz CT molecular complexity index is 919. The Morgan fingerprint density at radius 1 is 0.800 bits per heavy atom. The first-order chi connectivity index (χ1) is 14.5. The van der Waals surface area contributed by atoms with Crippen LogP contribution in [0.3, 0.4) is 0 Å². The van der Waals surface area contributed by atoms with Crippen LogP contribution in [0.5, 0.6) is 11.5 Å². The summed E-state index contributed by atoms with van der Waals surface area (Å²) in [6.45, 7) is 13.3. The molecule has 2 aromatic rings. The number of anilines is 2. The molecule has 0 saturated heterocycles. The van der Waals surface area contributed by atoms with Crippen LogP contribution in [-0.4, -0.2) is 20.3 Å². The zero-order chi connectivity index (χ0) is 21.8. The highest BCUT2D eigenvalue weighted by atomic mass is 16.5. The minimum absolute atomic E-state index is 0.355. The molecule has 0 bridgehead atoms. The highest BCUT2D eigenvalue weighted by molar-refractivity contribution is 5.66. The van der Waals surface area contributed by atoms with Crippen molar-refractivity contribution < 1.29 is 9.47 Å². The molecule has 1 radical (unpaired) electrons. The fourth-order valence-corrected chi connectivity index (χ4v) is 4.57. The van der Waals surface area contributed by atoms with Gasteiger partial charge in [-0.3, -0.25) is 0 Å². The molecule has 161 valence electrons. The highest BCUT2D eigenvalue weighted by Gasteiger charge is 2.33. The van der Waals surface area contributed by atoms with Crippen molar-refractivity contribution in [3.8, 4) is 11.5 Å². The quantitative estimate of drug-likeness (QED) is 0.515. The molecular formula is C26H35N2O2. The molecule has 1 aliphatic rings. The molecule has 4 nitrogen and oxygen atoms in total. The Kier molecular flexibility index (Phi) is 6.96. The van der Waals surface area contributed by atoms with Crippen molar-refractivity contribution in [1.82, 2.24) is 0 Å². The number of nitrogens with zero attached hydrogens (tertiary/aromatic N) is 2. The molecule has 0 N–H and O–H groups in total. The minimum atomic E-state index is 0.355. The van der Waals surface area contributed by atoms with Gasteiger partial charge in [-0.05, 0) is 86.2 Å². The third-order valence-corrected chi connectivity index (χ3v) is 6.08. The van der Waals surface area contributed by atoms with Crippen LogP contribution >= 0.6 is 0 Å². The van der Waals surface area contributed by atoms with Gasteiger partial charge in [0.05, 0.1) is 20.3 Å². The van der Waals surface area contributed by atoms with Gasteiger partial charge in [0.25, 0.3) is 0 Å². The maximum Gasteiger partial charge on any atom is 0.147 e. The van der Waals surface area contributed by atoms with Gasteiger partial charge in [-0.1, -0.05) is 20.8 Å². The largest absolute Gasteiger partial charge is 0.496 e. The van der Waals surface area contributed by atoms with Crippen LogP contribution in [0.25, 0.3) is 0 Å². The summed E-state index contributed by atoms with van der Waals surface area (Å²) in [5, 5.41) is 0. The van der Waals surface area contributed by atoms with Gasteiger partial charge in [-0.25, -0.2) is 0 Å². The van der Waals surface area contributed by atoms with Crippen LogP contribution in [0.4, 0.5) is 11.4 Å². The second-order valence-corrected chi connectivity index (χ2v) is 7.80. The van der Waals surface area contributed by atoms with Crippen molar-refractivity contribution in [3.63, 3.8) is 0 Å². The van der Waals surface area contributed by atoms with E-state index in [4.69, 9.17) is 9.47 Å². The Labute approximate surface area is 182 Å². The molecule has 4 heteroatoms. The van der Waals surface area contributed by atoms with E-state index in [-0.39, 0.29) is 0 Å². The first-order valence-electron chi connectivity index (χ1n) is 10.9. The second kappa shape index (κ2) is 9.46. The molecule has 1 unspecified atom stereocenters. The summed E-state index contributed by atoms with van der Waals surface area (Å²) in [5.41, 5.74) is 7.55. The van der Waals surface area contributed by atoms with Crippen LogP contribution < -0.4 is 19.3 Å². The van der Waals surface area contributed by atoms with Crippen LogP contribution in [0.1, 0.15) is 51.2 Å². The Morgan fingerprint density at radius 2 is 1.37 bits per heavy atom. The molecule has 1 aliphatic heterocycles. The molecule has 0 fully saturated rings. The summed E-state index contributed by atoms with van der Waals surface area (Å²) in [6.07, 6.45) is 3.09. The minimum Gasteiger partial charge on any atom is -0.496 e. The number of hydrogen-bond donors (Lipinski definition) is 0. The predicted octanol–water partition coefficient (Wildman–Crippen LogP) is 6.62. The summed E-state index contributed by atoms with van der Waals surface area (Å²) in [4.78, 5) is 4.78. The van der Waals surface area contributed by atoms with Crippen molar-refractivity contribution in [2.75, 3.05) is 24.0 Å². The Hall–Kier alpha value is -2.62. The monoisotopic (exact) mass is 407 g/mol. The van der Waals surface area contributed by atoms with Crippen LogP contribution in [0, 0.1) is 20.5 Å². The summed E-state index contributed by atoms with van der Waals surface area (Å²) in [6, 6.07) is 13.2. The Balaban J connectivity index is 2.11. The number of aryl methyl sites for hydroxylation is 2. The molecular weight excluding hydrogens is 372 g/mol. The number of rotatable bonds is 7. The Morgan fingerprint density at radius 3 is 1.83 bits per heavy atom. The predicted molar refractivity (Wildman–Crippen MR) is 126 cm³/mol. The smallest absolute Gasteiger partial charge is 0.147 e.